The average Bonchev–Trinajstić information content (AvgIpc) is 3.05. The third-order valence-corrected chi connectivity index (χ3v) is 10.1. The molecule has 2 aliphatic carbocycles. The first-order chi connectivity index (χ1) is 22.7. The monoisotopic (exact) mass is 701 g/mol. The van der Waals surface area contributed by atoms with Gasteiger partial charge in [0.25, 0.3) is 0 Å². The molecule has 0 aromatic heterocycles. The lowest BCUT2D eigenvalue weighted by Crippen LogP contribution is -2.68. The van der Waals surface area contributed by atoms with Crippen LogP contribution in [0.5, 0.6) is 0 Å². The number of ether oxygens (including phenoxy) is 5. The second kappa shape index (κ2) is 17.0. The van der Waals surface area contributed by atoms with Crippen LogP contribution in [0.15, 0.2) is 0 Å². The largest absolute Gasteiger partial charge is 0.479 e. The van der Waals surface area contributed by atoms with Gasteiger partial charge in [0.15, 0.2) is 18.7 Å². The average molecular weight is 702 g/mol. The fourth-order valence-corrected chi connectivity index (χ4v) is 7.31. The van der Waals surface area contributed by atoms with Gasteiger partial charge in [0.2, 0.25) is 0 Å². The molecule has 4 aliphatic rings. The summed E-state index contributed by atoms with van der Waals surface area (Å²) in [7, 11) is 0. The van der Waals surface area contributed by atoms with Gasteiger partial charge in [-0.1, -0.05) is 51.9 Å². The first-order valence-corrected chi connectivity index (χ1v) is 16.9. The SMILES string of the molecule is CCC1CCC[C@@H](O[C@@H]2O[C@@H](CO)[C@H](O)C(O[C@@H](CC3CCCCC3)C(=O)O)C2NC(=O)C(F)(F)F)[C@@H]1OC1O[C@@H](C)[C@H](O)C(O)[C@@H]1O. The Labute approximate surface area is 276 Å². The van der Waals surface area contributed by atoms with Gasteiger partial charge in [-0.05, 0) is 38.0 Å². The number of nitrogens with one attached hydrogen (secondary N) is 1. The van der Waals surface area contributed by atoms with Crippen molar-refractivity contribution in [3.05, 3.63) is 0 Å². The van der Waals surface area contributed by atoms with E-state index >= 15 is 0 Å². The summed E-state index contributed by atoms with van der Waals surface area (Å²) in [5.74, 6) is -4.08. The summed E-state index contributed by atoms with van der Waals surface area (Å²) in [5, 5.41) is 64.0. The Morgan fingerprint density at radius 1 is 0.875 bits per heavy atom. The molecular weight excluding hydrogens is 651 g/mol. The molecule has 0 aromatic rings. The molecule has 4 fully saturated rings. The number of alkyl halides is 3. The molecule has 14 nitrogen and oxygen atoms in total. The van der Waals surface area contributed by atoms with Crippen LogP contribution in [-0.2, 0) is 33.3 Å². The van der Waals surface area contributed by atoms with Gasteiger partial charge in [0, 0.05) is 0 Å². The van der Waals surface area contributed by atoms with Gasteiger partial charge in [0.1, 0.15) is 42.7 Å². The van der Waals surface area contributed by atoms with Crippen molar-refractivity contribution in [3.8, 4) is 0 Å². The van der Waals surface area contributed by atoms with E-state index in [0.29, 0.717) is 19.3 Å². The zero-order valence-electron chi connectivity index (χ0n) is 27.1. The number of aliphatic hydroxyl groups is 5. The molecule has 2 heterocycles. The number of carboxylic acid groups (broad SMARTS) is 1. The van der Waals surface area contributed by atoms with E-state index in [2.05, 4.69) is 0 Å². The van der Waals surface area contributed by atoms with Crippen molar-refractivity contribution in [2.24, 2.45) is 11.8 Å². The molecule has 4 rings (SSSR count). The molecule has 7 N–H and O–H groups in total. The number of halogens is 3. The summed E-state index contributed by atoms with van der Waals surface area (Å²) < 4.78 is 70.3. The molecule has 2 aliphatic heterocycles. The van der Waals surface area contributed by atoms with Crippen LogP contribution in [0.1, 0.15) is 78.1 Å². The molecule has 0 aromatic carbocycles. The Kier molecular flexibility index (Phi) is 13.9. The normalized spacial score (nSPS) is 40.7. The highest BCUT2D eigenvalue weighted by Gasteiger charge is 2.53. The Bertz CT molecular complexity index is 1050. The van der Waals surface area contributed by atoms with Crippen LogP contribution in [0.3, 0.4) is 0 Å². The molecule has 0 bridgehead atoms. The molecule has 278 valence electrons. The van der Waals surface area contributed by atoms with E-state index in [1.807, 2.05) is 6.92 Å². The van der Waals surface area contributed by atoms with Crippen LogP contribution in [-0.4, -0.2) is 135 Å². The van der Waals surface area contributed by atoms with Crippen LogP contribution >= 0.6 is 0 Å². The highest BCUT2D eigenvalue weighted by molar-refractivity contribution is 5.82. The Morgan fingerprint density at radius 2 is 1.56 bits per heavy atom. The lowest BCUT2D eigenvalue weighted by molar-refractivity contribution is -0.337. The molecule has 2 saturated carbocycles. The number of amides is 1. The van der Waals surface area contributed by atoms with Crippen LogP contribution < -0.4 is 5.32 Å². The van der Waals surface area contributed by atoms with Crippen LogP contribution in [0.4, 0.5) is 13.2 Å². The third kappa shape index (κ3) is 9.35. The smallest absolute Gasteiger partial charge is 0.471 e. The van der Waals surface area contributed by atoms with E-state index in [9.17, 15) is 53.4 Å². The van der Waals surface area contributed by atoms with Gasteiger partial charge < -0.3 is 59.6 Å². The Balaban J connectivity index is 1.63. The molecular formula is C31H50F3NO13. The number of carbonyl (C=O) groups is 2. The standard InChI is InChI=1S/C31H50F3NO13/c1-3-16-10-7-11-17(25(16)48-29-24(40)23(39)21(37)14(2)44-29)46-28-20(35-30(43)31(32,33)34)26(22(38)19(13-36)47-28)45-18(27(41)42)12-15-8-5-4-6-9-15/h14-26,28-29,36-40H,3-13H2,1-2H3,(H,35,43)(H,41,42)/t14-,16?,17+,18-,19-,20?,21-,22-,23?,24-,25+,26?,28+,29?/m0/s1. The zero-order chi connectivity index (χ0) is 35.3. The van der Waals surface area contributed by atoms with Crippen molar-refractivity contribution in [1.29, 1.82) is 0 Å². The molecule has 1 amide bonds. The van der Waals surface area contributed by atoms with Crippen molar-refractivity contribution in [3.63, 3.8) is 0 Å². The van der Waals surface area contributed by atoms with Gasteiger partial charge >= 0.3 is 18.1 Å². The molecule has 0 spiro atoms. The fraction of sp³-hybridized carbons (Fsp3) is 0.935. The first-order valence-electron chi connectivity index (χ1n) is 16.9. The fourth-order valence-electron chi connectivity index (χ4n) is 7.31. The topological polar surface area (TPSA) is 214 Å². The molecule has 2 saturated heterocycles. The zero-order valence-corrected chi connectivity index (χ0v) is 27.1. The minimum absolute atomic E-state index is 0.0219. The van der Waals surface area contributed by atoms with Crippen molar-refractivity contribution < 1.29 is 77.1 Å². The summed E-state index contributed by atoms with van der Waals surface area (Å²) in [6, 6.07) is -1.89. The van der Waals surface area contributed by atoms with E-state index < -0.39 is 104 Å². The number of hydrogen-bond donors (Lipinski definition) is 7. The van der Waals surface area contributed by atoms with Gasteiger partial charge in [-0.25, -0.2) is 4.79 Å². The van der Waals surface area contributed by atoms with Crippen molar-refractivity contribution in [1.82, 2.24) is 5.32 Å². The van der Waals surface area contributed by atoms with E-state index in [-0.39, 0.29) is 24.7 Å². The first kappa shape index (κ1) is 39.1. The van der Waals surface area contributed by atoms with Gasteiger partial charge in [0.05, 0.1) is 24.9 Å². The number of rotatable bonds is 12. The number of hydrogen-bond acceptors (Lipinski definition) is 12. The molecule has 17 heteroatoms. The van der Waals surface area contributed by atoms with Crippen molar-refractivity contribution in [2.45, 2.75) is 164 Å². The number of carboxylic acids is 1. The highest BCUT2D eigenvalue weighted by Crippen LogP contribution is 2.38. The minimum atomic E-state index is -5.37. The minimum Gasteiger partial charge on any atom is -0.479 e. The summed E-state index contributed by atoms with van der Waals surface area (Å²) in [6.45, 7) is 2.50. The Hall–Kier alpha value is -1.67. The Morgan fingerprint density at radius 3 is 2.17 bits per heavy atom. The van der Waals surface area contributed by atoms with Gasteiger partial charge in [-0.2, -0.15) is 13.2 Å². The lowest BCUT2D eigenvalue weighted by atomic mass is 9.82. The molecule has 14 atom stereocenters. The highest BCUT2D eigenvalue weighted by atomic mass is 19.4. The van der Waals surface area contributed by atoms with Gasteiger partial charge in [-0.15, -0.1) is 0 Å². The predicted molar refractivity (Wildman–Crippen MR) is 157 cm³/mol. The quantitative estimate of drug-likeness (QED) is 0.150. The molecule has 0 radical (unpaired) electrons. The van der Waals surface area contributed by atoms with Crippen molar-refractivity contribution >= 4 is 11.9 Å². The van der Waals surface area contributed by atoms with Gasteiger partial charge in [-0.3, -0.25) is 4.79 Å². The van der Waals surface area contributed by atoms with Crippen molar-refractivity contribution in [2.75, 3.05) is 6.61 Å². The number of aliphatic carboxylic acids is 1. The van der Waals surface area contributed by atoms with Crippen LogP contribution in [0.2, 0.25) is 0 Å². The molecule has 48 heavy (non-hydrogen) atoms. The van der Waals surface area contributed by atoms with E-state index in [1.165, 1.54) is 6.92 Å². The maximum atomic E-state index is 13.6. The van der Waals surface area contributed by atoms with E-state index in [1.54, 1.807) is 5.32 Å². The predicted octanol–water partition coefficient (Wildman–Crippen LogP) is 0.728. The van der Waals surface area contributed by atoms with Crippen LogP contribution in [0.25, 0.3) is 0 Å². The summed E-state index contributed by atoms with van der Waals surface area (Å²) in [6.07, 6.45) is -16.4. The third-order valence-electron chi connectivity index (χ3n) is 10.1. The summed E-state index contributed by atoms with van der Waals surface area (Å²) >= 11 is 0. The second-order valence-corrected chi connectivity index (χ2v) is 13.4. The molecule has 5 unspecified atom stereocenters. The maximum Gasteiger partial charge on any atom is 0.471 e. The number of carbonyl (C=O) groups excluding carboxylic acids is 1. The lowest BCUT2D eigenvalue weighted by Gasteiger charge is -2.48. The van der Waals surface area contributed by atoms with E-state index in [4.69, 9.17) is 23.7 Å². The van der Waals surface area contributed by atoms with E-state index in [0.717, 1.165) is 32.1 Å². The summed E-state index contributed by atoms with van der Waals surface area (Å²) in [4.78, 5) is 24.6. The number of aliphatic hydroxyl groups excluding tert-OH is 5. The van der Waals surface area contributed by atoms with Crippen LogP contribution in [0, 0.1) is 11.8 Å². The second-order valence-electron chi connectivity index (χ2n) is 13.4. The maximum absolute atomic E-state index is 13.6. The summed E-state index contributed by atoms with van der Waals surface area (Å²) in [5.41, 5.74) is 0.